The van der Waals surface area contributed by atoms with Crippen LogP contribution in [0.3, 0.4) is 0 Å². The topological polar surface area (TPSA) is 113 Å². The summed E-state index contributed by atoms with van der Waals surface area (Å²) in [7, 11) is 1.27. The Kier molecular flexibility index (Phi) is 3.68. The maximum Gasteiger partial charge on any atom is 0.312 e. The molecule has 3 heterocycles. The van der Waals surface area contributed by atoms with E-state index in [1.54, 1.807) is 26.0 Å². The molecule has 0 bridgehead atoms. The number of benzene rings is 1. The second-order valence-electron chi connectivity index (χ2n) is 7.92. The zero-order chi connectivity index (χ0) is 19.8. The number of hydrogen-bond acceptors (Lipinski definition) is 8. The molecule has 1 amide bonds. The first-order valence-corrected chi connectivity index (χ1v) is 9.16. The summed E-state index contributed by atoms with van der Waals surface area (Å²) in [6, 6.07) is 2.74. The molecule has 0 aromatic heterocycles. The smallest absolute Gasteiger partial charge is 0.312 e. The summed E-state index contributed by atoms with van der Waals surface area (Å²) in [5.41, 5.74) is 0.974. The van der Waals surface area contributed by atoms with Gasteiger partial charge in [0, 0.05) is 11.5 Å². The minimum atomic E-state index is -1.16. The van der Waals surface area contributed by atoms with Gasteiger partial charge in [0.1, 0.15) is 12.2 Å². The molecule has 5 rings (SSSR count). The van der Waals surface area contributed by atoms with Crippen LogP contribution in [0.2, 0.25) is 0 Å². The van der Waals surface area contributed by atoms with Crippen LogP contribution < -0.4 is 14.8 Å². The van der Waals surface area contributed by atoms with Gasteiger partial charge in [0.05, 0.1) is 25.2 Å². The van der Waals surface area contributed by atoms with Crippen molar-refractivity contribution in [3.63, 3.8) is 0 Å². The van der Waals surface area contributed by atoms with Crippen LogP contribution in [0.15, 0.2) is 12.1 Å². The standard InChI is InChI=1S/C19H21NO8/c1-19(2)27-15-13-11(12(18(23)24-3)14(21)16(15)28-19)7-4-9-10(26-6-25-9)5-8(7)17(22)20-13/h4-5,11-16,21H,6H2,1-3H3,(H,20,22)/t11-,12+,13+,14-,15-,16+/m0/s1. The number of esters is 1. The van der Waals surface area contributed by atoms with Crippen molar-refractivity contribution in [3.8, 4) is 11.5 Å². The molecule has 0 radical (unpaired) electrons. The van der Waals surface area contributed by atoms with Crippen molar-refractivity contribution in [2.75, 3.05) is 13.9 Å². The van der Waals surface area contributed by atoms with Crippen LogP contribution in [0.5, 0.6) is 11.5 Å². The van der Waals surface area contributed by atoms with Gasteiger partial charge >= 0.3 is 5.97 Å². The fourth-order valence-electron chi connectivity index (χ4n) is 4.84. The van der Waals surface area contributed by atoms with Crippen molar-refractivity contribution in [3.05, 3.63) is 23.3 Å². The summed E-state index contributed by atoms with van der Waals surface area (Å²) in [5.74, 6) is -2.37. The average molecular weight is 391 g/mol. The van der Waals surface area contributed by atoms with E-state index in [1.165, 1.54) is 7.11 Å². The summed E-state index contributed by atoms with van der Waals surface area (Å²) < 4.78 is 27.7. The Morgan fingerprint density at radius 3 is 2.61 bits per heavy atom. The van der Waals surface area contributed by atoms with Crippen molar-refractivity contribution < 1.29 is 38.4 Å². The van der Waals surface area contributed by atoms with E-state index in [4.69, 9.17) is 23.7 Å². The zero-order valence-electron chi connectivity index (χ0n) is 15.6. The number of aliphatic hydroxyl groups is 1. The van der Waals surface area contributed by atoms with Crippen LogP contribution in [-0.4, -0.2) is 61.0 Å². The van der Waals surface area contributed by atoms with Gasteiger partial charge in [-0.05, 0) is 31.5 Å². The van der Waals surface area contributed by atoms with E-state index in [2.05, 4.69) is 5.32 Å². The van der Waals surface area contributed by atoms with Gasteiger partial charge in [-0.3, -0.25) is 9.59 Å². The van der Waals surface area contributed by atoms with Crippen LogP contribution >= 0.6 is 0 Å². The van der Waals surface area contributed by atoms with Gasteiger partial charge in [-0.1, -0.05) is 0 Å². The number of carbonyl (C=O) groups excluding carboxylic acids is 2. The van der Waals surface area contributed by atoms with Crippen LogP contribution in [-0.2, 0) is 19.0 Å². The number of hydrogen-bond donors (Lipinski definition) is 2. The lowest BCUT2D eigenvalue weighted by Crippen LogP contribution is -2.65. The molecule has 9 heteroatoms. The second-order valence-corrected chi connectivity index (χ2v) is 7.92. The minimum Gasteiger partial charge on any atom is -0.469 e. The number of methoxy groups -OCH3 is 1. The molecule has 6 atom stereocenters. The number of amides is 1. The van der Waals surface area contributed by atoms with Crippen molar-refractivity contribution in [2.45, 2.75) is 49.9 Å². The third-order valence-electron chi connectivity index (χ3n) is 5.92. The highest BCUT2D eigenvalue weighted by molar-refractivity contribution is 5.99. The predicted molar refractivity (Wildman–Crippen MR) is 91.9 cm³/mol. The van der Waals surface area contributed by atoms with Gasteiger partial charge in [-0.2, -0.15) is 0 Å². The lowest BCUT2D eigenvalue weighted by Gasteiger charge is -2.47. The second kappa shape index (κ2) is 5.82. The fraction of sp³-hybridized carbons (Fsp3) is 0.579. The number of aliphatic hydroxyl groups excluding tert-OH is 1. The summed E-state index contributed by atoms with van der Waals surface area (Å²) in [5, 5.41) is 14.0. The molecule has 4 aliphatic rings. The Labute approximate surface area is 160 Å². The number of carbonyl (C=O) groups is 2. The van der Waals surface area contributed by atoms with Crippen molar-refractivity contribution in [2.24, 2.45) is 5.92 Å². The van der Waals surface area contributed by atoms with Gasteiger partial charge < -0.3 is 34.1 Å². The van der Waals surface area contributed by atoms with Crippen molar-refractivity contribution >= 4 is 11.9 Å². The first-order valence-electron chi connectivity index (χ1n) is 9.16. The summed E-state index contributed by atoms with van der Waals surface area (Å²) in [6.45, 7) is 3.53. The van der Waals surface area contributed by atoms with Crippen molar-refractivity contribution in [1.29, 1.82) is 0 Å². The highest BCUT2D eigenvalue weighted by atomic mass is 16.8. The van der Waals surface area contributed by atoms with Gasteiger partial charge in [0.15, 0.2) is 17.3 Å². The molecule has 28 heavy (non-hydrogen) atoms. The van der Waals surface area contributed by atoms with E-state index in [9.17, 15) is 14.7 Å². The van der Waals surface area contributed by atoms with E-state index < -0.39 is 47.9 Å². The molecule has 1 aliphatic carbocycles. The van der Waals surface area contributed by atoms with E-state index in [1.807, 2.05) is 0 Å². The molecule has 3 aliphatic heterocycles. The number of nitrogens with one attached hydrogen (secondary N) is 1. The Hall–Kier alpha value is -2.36. The normalized spacial score (nSPS) is 36.8. The predicted octanol–water partition coefficient (Wildman–Crippen LogP) is 0.295. The lowest BCUT2D eigenvalue weighted by atomic mass is 9.65. The number of fused-ring (bicyclic) bond motifs is 6. The Morgan fingerprint density at radius 2 is 1.89 bits per heavy atom. The van der Waals surface area contributed by atoms with Crippen LogP contribution in [0.4, 0.5) is 0 Å². The molecular weight excluding hydrogens is 370 g/mol. The van der Waals surface area contributed by atoms with Gasteiger partial charge in [0.25, 0.3) is 5.91 Å². The maximum atomic E-state index is 12.8. The quantitative estimate of drug-likeness (QED) is 0.657. The Morgan fingerprint density at radius 1 is 1.21 bits per heavy atom. The van der Waals surface area contributed by atoms with E-state index in [0.717, 1.165) is 0 Å². The largest absolute Gasteiger partial charge is 0.469 e. The number of rotatable bonds is 1. The molecular formula is C19H21NO8. The van der Waals surface area contributed by atoms with Crippen LogP contribution in [0, 0.1) is 5.92 Å². The first-order chi connectivity index (χ1) is 13.3. The molecule has 1 saturated heterocycles. The minimum absolute atomic E-state index is 0.0623. The monoisotopic (exact) mass is 391 g/mol. The molecule has 1 aromatic rings. The highest BCUT2D eigenvalue weighted by Crippen LogP contribution is 2.50. The van der Waals surface area contributed by atoms with Gasteiger partial charge in [-0.15, -0.1) is 0 Å². The molecule has 0 unspecified atom stereocenters. The third-order valence-corrected chi connectivity index (χ3v) is 5.92. The molecule has 0 spiro atoms. The number of ether oxygens (including phenoxy) is 5. The van der Waals surface area contributed by atoms with E-state index in [0.29, 0.717) is 22.6 Å². The van der Waals surface area contributed by atoms with E-state index in [-0.39, 0.29) is 12.7 Å². The van der Waals surface area contributed by atoms with Gasteiger partial charge in [0.2, 0.25) is 6.79 Å². The third kappa shape index (κ3) is 2.36. The molecule has 2 fully saturated rings. The Balaban J connectivity index is 1.67. The zero-order valence-corrected chi connectivity index (χ0v) is 15.6. The first kappa shape index (κ1) is 17.7. The van der Waals surface area contributed by atoms with Crippen LogP contribution in [0.1, 0.15) is 35.7 Å². The van der Waals surface area contributed by atoms with Crippen LogP contribution in [0.25, 0.3) is 0 Å². The van der Waals surface area contributed by atoms with Crippen molar-refractivity contribution in [1.82, 2.24) is 5.32 Å². The molecule has 1 aromatic carbocycles. The molecule has 150 valence electrons. The SMILES string of the molecule is COC(=O)[C@H]1[C@H](O)[C@H]2OC(C)(C)O[C@H]2[C@@H]2NC(=O)c3cc4c(cc3[C@H]21)OCO4. The summed E-state index contributed by atoms with van der Waals surface area (Å²) in [6.07, 6.45) is -2.54. The average Bonchev–Trinajstić information content (AvgIpc) is 3.24. The fourth-order valence-corrected chi connectivity index (χ4v) is 4.84. The maximum absolute atomic E-state index is 12.8. The molecule has 9 nitrogen and oxygen atoms in total. The molecule has 1 saturated carbocycles. The summed E-state index contributed by atoms with van der Waals surface area (Å²) >= 11 is 0. The van der Waals surface area contributed by atoms with Gasteiger partial charge in [-0.25, -0.2) is 0 Å². The highest BCUT2D eigenvalue weighted by Gasteiger charge is 2.62. The Bertz CT molecular complexity index is 868. The molecule has 2 N–H and O–H groups in total. The van der Waals surface area contributed by atoms with E-state index >= 15 is 0 Å². The summed E-state index contributed by atoms with van der Waals surface area (Å²) in [4.78, 5) is 25.5. The lowest BCUT2D eigenvalue weighted by molar-refractivity contribution is -0.167.